The van der Waals surface area contributed by atoms with Gasteiger partial charge in [-0.25, -0.2) is 4.39 Å². The summed E-state index contributed by atoms with van der Waals surface area (Å²) >= 11 is 0. The lowest BCUT2D eigenvalue weighted by atomic mass is 10.1. The Morgan fingerprint density at radius 3 is 2.92 bits per heavy atom. The van der Waals surface area contributed by atoms with Gasteiger partial charge in [-0.15, -0.1) is 0 Å². The minimum Gasteiger partial charge on any atom is -0.303 e. The van der Waals surface area contributed by atoms with Crippen molar-refractivity contribution in [1.82, 2.24) is 0 Å². The van der Waals surface area contributed by atoms with Gasteiger partial charge in [0.25, 0.3) is 0 Å². The third kappa shape index (κ3) is 2.82. The molecule has 0 unspecified atom stereocenters. The van der Waals surface area contributed by atoms with Gasteiger partial charge in [-0.2, -0.15) is 0 Å². The van der Waals surface area contributed by atoms with E-state index in [9.17, 15) is 9.18 Å². The molecule has 2 heteroatoms. The monoisotopic (exact) mass is 166 g/mol. The van der Waals surface area contributed by atoms with Gasteiger partial charge in [-0.05, 0) is 30.5 Å². The predicted molar refractivity (Wildman–Crippen MR) is 45.4 cm³/mol. The zero-order valence-electron chi connectivity index (χ0n) is 6.79. The van der Waals surface area contributed by atoms with Crippen LogP contribution in [0.5, 0.6) is 0 Å². The summed E-state index contributed by atoms with van der Waals surface area (Å²) in [5.41, 5.74) is 0.955. The number of halogens is 1. The van der Waals surface area contributed by atoms with Crippen LogP contribution in [0.3, 0.4) is 0 Å². The van der Waals surface area contributed by atoms with Crippen LogP contribution in [0.25, 0.3) is 0 Å². The standard InChI is InChI=1S/C10H11FO/c11-10-6-3-5-9(8-10)4-1-2-7-12/h3,5-8H,1-2,4H2. The quantitative estimate of drug-likeness (QED) is 0.495. The molecule has 0 aliphatic rings. The Balaban J connectivity index is 2.46. The molecule has 0 aliphatic heterocycles. The maximum Gasteiger partial charge on any atom is 0.123 e. The van der Waals surface area contributed by atoms with Crippen molar-refractivity contribution in [3.8, 4) is 0 Å². The van der Waals surface area contributed by atoms with Gasteiger partial charge in [0.1, 0.15) is 12.1 Å². The van der Waals surface area contributed by atoms with E-state index >= 15 is 0 Å². The fraction of sp³-hybridized carbons (Fsp3) is 0.300. The van der Waals surface area contributed by atoms with E-state index in [1.54, 1.807) is 6.07 Å². The third-order valence-corrected chi connectivity index (χ3v) is 1.68. The van der Waals surface area contributed by atoms with Gasteiger partial charge < -0.3 is 4.79 Å². The highest BCUT2D eigenvalue weighted by Crippen LogP contribution is 2.06. The van der Waals surface area contributed by atoms with Crippen LogP contribution in [0.1, 0.15) is 18.4 Å². The molecule has 1 aromatic rings. The average Bonchev–Trinajstić information content (AvgIpc) is 2.05. The highest BCUT2D eigenvalue weighted by atomic mass is 19.1. The summed E-state index contributed by atoms with van der Waals surface area (Å²) < 4.78 is 12.6. The number of aldehydes is 1. The topological polar surface area (TPSA) is 17.1 Å². The summed E-state index contributed by atoms with van der Waals surface area (Å²) in [6, 6.07) is 6.48. The highest BCUT2D eigenvalue weighted by Gasteiger charge is 1.94. The summed E-state index contributed by atoms with van der Waals surface area (Å²) in [6.45, 7) is 0. The maximum atomic E-state index is 12.6. The van der Waals surface area contributed by atoms with E-state index in [1.165, 1.54) is 12.1 Å². The second-order valence-electron chi connectivity index (χ2n) is 2.69. The molecule has 0 saturated heterocycles. The van der Waals surface area contributed by atoms with Gasteiger partial charge in [0.2, 0.25) is 0 Å². The van der Waals surface area contributed by atoms with Crippen LogP contribution < -0.4 is 0 Å². The van der Waals surface area contributed by atoms with Crippen LogP contribution in [0.15, 0.2) is 24.3 Å². The second kappa shape index (κ2) is 4.65. The molecule has 0 saturated carbocycles. The average molecular weight is 166 g/mol. The van der Waals surface area contributed by atoms with Crippen molar-refractivity contribution in [2.75, 3.05) is 0 Å². The van der Waals surface area contributed by atoms with Crippen molar-refractivity contribution in [1.29, 1.82) is 0 Å². The Labute approximate surface area is 71.2 Å². The van der Waals surface area contributed by atoms with Crippen LogP contribution in [0, 0.1) is 5.82 Å². The number of carbonyl (C=O) groups excluding carboxylic acids is 1. The molecular formula is C10H11FO. The van der Waals surface area contributed by atoms with E-state index in [1.807, 2.05) is 6.07 Å². The highest BCUT2D eigenvalue weighted by molar-refractivity contribution is 5.49. The molecule has 0 fully saturated rings. The van der Waals surface area contributed by atoms with E-state index in [4.69, 9.17) is 0 Å². The molecule has 0 N–H and O–H groups in total. The molecule has 0 radical (unpaired) electrons. The van der Waals surface area contributed by atoms with E-state index in [0.29, 0.717) is 6.42 Å². The zero-order chi connectivity index (χ0) is 8.81. The molecule has 0 aromatic heterocycles. The first-order chi connectivity index (χ1) is 5.83. The van der Waals surface area contributed by atoms with Crippen molar-refractivity contribution in [2.24, 2.45) is 0 Å². The fourth-order valence-electron chi connectivity index (χ4n) is 1.08. The summed E-state index contributed by atoms with van der Waals surface area (Å²) in [5, 5.41) is 0. The number of unbranched alkanes of at least 4 members (excludes halogenated alkanes) is 1. The van der Waals surface area contributed by atoms with E-state index in [-0.39, 0.29) is 5.82 Å². The smallest absolute Gasteiger partial charge is 0.123 e. The second-order valence-corrected chi connectivity index (χ2v) is 2.69. The number of benzene rings is 1. The van der Waals surface area contributed by atoms with Crippen LogP contribution >= 0.6 is 0 Å². The summed E-state index contributed by atoms with van der Waals surface area (Å²) in [6.07, 6.45) is 3.01. The Kier molecular flexibility index (Phi) is 3.45. The molecule has 12 heavy (non-hydrogen) atoms. The van der Waals surface area contributed by atoms with Gasteiger partial charge in [-0.1, -0.05) is 12.1 Å². The lowest BCUT2D eigenvalue weighted by Crippen LogP contribution is -1.86. The molecule has 0 atom stereocenters. The number of hydrogen-bond acceptors (Lipinski definition) is 1. The van der Waals surface area contributed by atoms with Gasteiger partial charge in [0.05, 0.1) is 0 Å². The Bertz CT molecular complexity index is 258. The lowest BCUT2D eigenvalue weighted by molar-refractivity contribution is -0.107. The largest absolute Gasteiger partial charge is 0.303 e. The normalized spacial score (nSPS) is 9.75. The molecule has 0 spiro atoms. The molecular weight excluding hydrogens is 155 g/mol. The molecule has 0 heterocycles. The minimum atomic E-state index is -0.210. The maximum absolute atomic E-state index is 12.6. The lowest BCUT2D eigenvalue weighted by Gasteiger charge is -1.97. The fourth-order valence-corrected chi connectivity index (χ4v) is 1.08. The molecule has 1 nitrogen and oxygen atoms in total. The minimum absolute atomic E-state index is 0.210. The first-order valence-corrected chi connectivity index (χ1v) is 4.01. The van der Waals surface area contributed by atoms with Gasteiger partial charge >= 0.3 is 0 Å². The Hall–Kier alpha value is -1.18. The molecule has 64 valence electrons. The van der Waals surface area contributed by atoms with Crippen LogP contribution in [-0.4, -0.2) is 6.29 Å². The summed E-state index contributed by atoms with van der Waals surface area (Å²) in [5.74, 6) is -0.210. The van der Waals surface area contributed by atoms with Crippen molar-refractivity contribution < 1.29 is 9.18 Å². The van der Waals surface area contributed by atoms with E-state index < -0.39 is 0 Å². The first-order valence-electron chi connectivity index (χ1n) is 4.01. The van der Waals surface area contributed by atoms with Crippen molar-refractivity contribution in [2.45, 2.75) is 19.3 Å². The molecule has 0 bridgehead atoms. The first kappa shape index (κ1) is 8.91. The number of aryl methyl sites for hydroxylation is 1. The SMILES string of the molecule is O=CCCCc1cccc(F)c1. The van der Waals surface area contributed by atoms with Crippen molar-refractivity contribution >= 4 is 6.29 Å². The van der Waals surface area contributed by atoms with Crippen molar-refractivity contribution in [3.05, 3.63) is 35.6 Å². The van der Waals surface area contributed by atoms with Crippen LogP contribution in [0.2, 0.25) is 0 Å². The van der Waals surface area contributed by atoms with Crippen LogP contribution in [-0.2, 0) is 11.2 Å². The van der Waals surface area contributed by atoms with Gasteiger partial charge in [0, 0.05) is 6.42 Å². The number of carbonyl (C=O) groups is 1. The molecule has 0 amide bonds. The third-order valence-electron chi connectivity index (χ3n) is 1.68. The predicted octanol–water partition coefficient (Wildman–Crippen LogP) is 2.35. The van der Waals surface area contributed by atoms with Gasteiger partial charge in [0.15, 0.2) is 0 Å². The van der Waals surface area contributed by atoms with Crippen LogP contribution in [0.4, 0.5) is 4.39 Å². The Morgan fingerprint density at radius 1 is 1.42 bits per heavy atom. The molecule has 1 aromatic carbocycles. The van der Waals surface area contributed by atoms with E-state index in [2.05, 4.69) is 0 Å². The summed E-state index contributed by atoms with van der Waals surface area (Å²) in [7, 11) is 0. The zero-order valence-corrected chi connectivity index (χ0v) is 6.79. The Morgan fingerprint density at radius 2 is 2.25 bits per heavy atom. The van der Waals surface area contributed by atoms with E-state index in [0.717, 1.165) is 24.7 Å². The molecule has 1 rings (SSSR count). The summed E-state index contributed by atoms with van der Waals surface area (Å²) in [4.78, 5) is 9.99. The number of hydrogen-bond donors (Lipinski definition) is 0. The molecule has 0 aliphatic carbocycles. The number of rotatable bonds is 4. The van der Waals surface area contributed by atoms with Crippen molar-refractivity contribution in [3.63, 3.8) is 0 Å². The van der Waals surface area contributed by atoms with Gasteiger partial charge in [-0.3, -0.25) is 0 Å².